The number of piperidine rings is 1. The second kappa shape index (κ2) is 8.97. The summed E-state index contributed by atoms with van der Waals surface area (Å²) in [5.74, 6) is 0.589. The minimum absolute atomic E-state index is 0. The molecule has 0 aliphatic carbocycles. The Hall–Kier alpha value is -3.02. The van der Waals surface area contributed by atoms with Crippen LogP contribution in [-0.4, -0.2) is 27.1 Å². The zero-order valence-corrected chi connectivity index (χ0v) is 20.4. The molecule has 2 bridgehead atoms. The van der Waals surface area contributed by atoms with E-state index < -0.39 is 0 Å². The highest BCUT2D eigenvalue weighted by Crippen LogP contribution is 2.45. The van der Waals surface area contributed by atoms with Gasteiger partial charge in [0.1, 0.15) is 12.4 Å². The summed E-state index contributed by atoms with van der Waals surface area (Å²) in [5.41, 5.74) is 6.04. The molecule has 2 aromatic heterocycles. The van der Waals surface area contributed by atoms with Crippen LogP contribution in [0.15, 0.2) is 71.7 Å². The highest BCUT2D eigenvalue weighted by atomic mass is 35.5. The first-order valence-electron chi connectivity index (χ1n) is 11.8. The molecule has 0 saturated carbocycles. The quantitative estimate of drug-likeness (QED) is 0.396. The van der Waals surface area contributed by atoms with E-state index in [1.807, 2.05) is 42.6 Å². The Balaban J connectivity index is 0.00000241. The number of rotatable bonds is 4. The molecule has 1 saturated heterocycles. The minimum Gasteiger partial charge on any atom is -0.489 e. The summed E-state index contributed by atoms with van der Waals surface area (Å²) in [7, 11) is 4.46. The molecule has 176 valence electrons. The largest absolute Gasteiger partial charge is 0.489 e. The molecule has 6 heteroatoms. The summed E-state index contributed by atoms with van der Waals surface area (Å²) in [6.45, 7) is 0.446. The van der Waals surface area contributed by atoms with Gasteiger partial charge in [-0.1, -0.05) is 36.4 Å². The van der Waals surface area contributed by atoms with Crippen LogP contribution in [0.1, 0.15) is 42.1 Å². The van der Waals surface area contributed by atoms with Crippen molar-refractivity contribution in [2.24, 2.45) is 7.05 Å². The van der Waals surface area contributed by atoms with Crippen molar-refractivity contribution in [2.75, 3.05) is 7.05 Å². The van der Waals surface area contributed by atoms with Gasteiger partial charge in [-0.05, 0) is 55.6 Å². The number of hydrogen-bond acceptors (Lipinski definition) is 3. The van der Waals surface area contributed by atoms with Crippen molar-refractivity contribution in [3.8, 4) is 11.4 Å². The van der Waals surface area contributed by atoms with Gasteiger partial charge in [0.15, 0.2) is 0 Å². The molecular weight excluding hydrogens is 446 g/mol. The maximum Gasteiger partial charge on any atom is 0.258 e. The Morgan fingerprint density at radius 1 is 1.00 bits per heavy atom. The number of ether oxygens (including phenoxy) is 1. The van der Waals surface area contributed by atoms with Crippen LogP contribution in [0.25, 0.3) is 16.6 Å². The molecule has 0 spiro atoms. The molecule has 2 aliphatic rings. The van der Waals surface area contributed by atoms with Crippen molar-refractivity contribution in [2.45, 2.75) is 44.4 Å². The van der Waals surface area contributed by atoms with Gasteiger partial charge < -0.3 is 9.30 Å². The number of aromatic nitrogens is 2. The van der Waals surface area contributed by atoms with Crippen molar-refractivity contribution < 1.29 is 4.74 Å². The van der Waals surface area contributed by atoms with Crippen LogP contribution in [0.5, 0.6) is 5.75 Å². The highest BCUT2D eigenvalue weighted by Gasteiger charge is 2.38. The first-order chi connectivity index (χ1) is 16.1. The molecule has 34 heavy (non-hydrogen) atoms. The van der Waals surface area contributed by atoms with Crippen LogP contribution < -0.4 is 10.3 Å². The first kappa shape index (κ1) is 22.8. The molecule has 2 aromatic carbocycles. The van der Waals surface area contributed by atoms with Gasteiger partial charge in [-0.15, -0.1) is 12.4 Å². The van der Waals surface area contributed by atoms with Crippen LogP contribution in [0, 0.1) is 0 Å². The molecule has 5 nitrogen and oxygen atoms in total. The Morgan fingerprint density at radius 3 is 2.62 bits per heavy atom. The number of nitrogens with zero attached hydrogens (tertiary/aromatic N) is 3. The van der Waals surface area contributed by atoms with Crippen LogP contribution in [0.4, 0.5) is 0 Å². The number of likely N-dealkylation sites (N-methyl/N-ethyl adjacent to an activating group) is 1. The second-order valence-corrected chi connectivity index (χ2v) is 9.44. The zero-order chi connectivity index (χ0) is 22.5. The Labute approximate surface area is 206 Å². The van der Waals surface area contributed by atoms with Crippen molar-refractivity contribution in [3.05, 3.63) is 94.0 Å². The lowest BCUT2D eigenvalue weighted by atomic mass is 9.82. The number of fused-ring (bicyclic) bond motifs is 6. The predicted molar refractivity (Wildman–Crippen MR) is 138 cm³/mol. The molecular formula is C28H30ClN3O2. The normalized spacial score (nSPS) is 19.5. The molecule has 4 aromatic rings. The third kappa shape index (κ3) is 3.73. The summed E-state index contributed by atoms with van der Waals surface area (Å²) in [4.78, 5) is 15.5. The summed E-state index contributed by atoms with van der Waals surface area (Å²) < 4.78 is 9.89. The first-order valence-corrected chi connectivity index (χ1v) is 11.8. The maximum atomic E-state index is 12.9. The zero-order valence-electron chi connectivity index (χ0n) is 19.6. The summed E-state index contributed by atoms with van der Waals surface area (Å²) in [5, 5.41) is 1.32. The van der Waals surface area contributed by atoms with Gasteiger partial charge in [0, 0.05) is 48.9 Å². The van der Waals surface area contributed by atoms with E-state index in [-0.39, 0.29) is 18.0 Å². The molecule has 4 heterocycles. The van der Waals surface area contributed by atoms with E-state index in [0.717, 1.165) is 17.7 Å². The van der Waals surface area contributed by atoms with Crippen molar-refractivity contribution in [1.29, 1.82) is 0 Å². The average molecular weight is 476 g/mol. The van der Waals surface area contributed by atoms with Gasteiger partial charge >= 0.3 is 0 Å². The minimum atomic E-state index is -0.0884. The Morgan fingerprint density at radius 2 is 1.82 bits per heavy atom. The molecule has 1 fully saturated rings. The van der Waals surface area contributed by atoms with Crippen molar-refractivity contribution in [3.63, 3.8) is 0 Å². The van der Waals surface area contributed by atoms with Crippen molar-refractivity contribution >= 4 is 23.3 Å². The SMILES string of the molecule is CN1C2CCCC1c1c(n(C)c3cc(-n4ccc(OCc5ccccc5)cc4=O)ccc13)C2.Cl. The van der Waals surface area contributed by atoms with Gasteiger partial charge in [-0.3, -0.25) is 14.3 Å². The van der Waals surface area contributed by atoms with Crippen LogP contribution in [0.2, 0.25) is 0 Å². The number of benzene rings is 2. The fourth-order valence-corrected chi connectivity index (χ4v) is 5.81. The van der Waals surface area contributed by atoms with Gasteiger partial charge in [-0.2, -0.15) is 0 Å². The van der Waals surface area contributed by atoms with E-state index in [1.165, 1.54) is 41.4 Å². The fraction of sp³-hybridized carbons (Fsp3) is 0.321. The smallest absolute Gasteiger partial charge is 0.258 e. The predicted octanol–water partition coefficient (Wildman–Crippen LogP) is 5.41. The molecule has 0 N–H and O–H groups in total. The monoisotopic (exact) mass is 475 g/mol. The van der Waals surface area contributed by atoms with Crippen LogP contribution in [-0.2, 0) is 20.1 Å². The third-order valence-corrected chi connectivity index (χ3v) is 7.61. The Kier molecular flexibility index (Phi) is 6.00. The molecule has 0 radical (unpaired) electrons. The number of hydrogen-bond donors (Lipinski definition) is 0. The molecule has 2 unspecified atom stereocenters. The summed E-state index contributed by atoms with van der Waals surface area (Å²) in [6.07, 6.45) is 6.74. The Bertz CT molecular complexity index is 1390. The van der Waals surface area contributed by atoms with Crippen LogP contribution in [0.3, 0.4) is 0 Å². The van der Waals surface area contributed by atoms with Gasteiger partial charge in [0.05, 0.1) is 11.2 Å². The highest BCUT2D eigenvalue weighted by molar-refractivity contribution is 5.88. The average Bonchev–Trinajstić information content (AvgIpc) is 3.09. The summed E-state index contributed by atoms with van der Waals surface area (Å²) >= 11 is 0. The number of halogens is 1. The lowest BCUT2D eigenvalue weighted by molar-refractivity contribution is 0.0991. The van der Waals surface area contributed by atoms with E-state index in [9.17, 15) is 4.79 Å². The molecule has 2 atom stereocenters. The number of pyridine rings is 1. The van der Waals surface area contributed by atoms with Gasteiger partial charge in [-0.25, -0.2) is 0 Å². The standard InChI is InChI=1S/C28H29N3O2.ClH/c1-29-20-9-6-10-24(29)28-23-12-11-21(16-25(23)30(2)26(28)15-20)31-14-13-22(17-27(31)32)33-18-19-7-4-3-5-8-19;/h3-5,7-8,11-14,16-17,20,24H,6,9-10,15,18H2,1-2H3;1H. The van der Waals surface area contributed by atoms with E-state index >= 15 is 0 Å². The van der Waals surface area contributed by atoms with Crippen LogP contribution >= 0.6 is 12.4 Å². The van der Waals surface area contributed by atoms with E-state index in [0.29, 0.717) is 24.4 Å². The third-order valence-electron chi connectivity index (χ3n) is 7.61. The number of aryl methyl sites for hydroxylation is 1. The lowest BCUT2D eigenvalue weighted by Crippen LogP contribution is -2.44. The molecule has 0 amide bonds. The topological polar surface area (TPSA) is 39.4 Å². The van der Waals surface area contributed by atoms with E-state index in [1.54, 1.807) is 10.6 Å². The van der Waals surface area contributed by atoms with Gasteiger partial charge in [0.2, 0.25) is 0 Å². The van der Waals surface area contributed by atoms with E-state index in [2.05, 4.69) is 41.8 Å². The van der Waals surface area contributed by atoms with E-state index in [4.69, 9.17) is 4.74 Å². The molecule has 2 aliphatic heterocycles. The maximum absolute atomic E-state index is 12.9. The van der Waals surface area contributed by atoms with Crippen molar-refractivity contribution in [1.82, 2.24) is 14.0 Å². The fourth-order valence-electron chi connectivity index (χ4n) is 5.81. The lowest BCUT2D eigenvalue weighted by Gasteiger charge is -2.44. The second-order valence-electron chi connectivity index (χ2n) is 9.44. The summed E-state index contributed by atoms with van der Waals surface area (Å²) in [6, 6.07) is 21.0. The molecule has 6 rings (SSSR count). The van der Waals surface area contributed by atoms with Gasteiger partial charge in [0.25, 0.3) is 5.56 Å².